The maximum Gasteiger partial charge on any atom is 0.487 e. The summed E-state index contributed by atoms with van der Waals surface area (Å²) in [5.41, 5.74) is 0. The van der Waals surface area contributed by atoms with Gasteiger partial charge < -0.3 is 51.7 Å². The van der Waals surface area contributed by atoms with Crippen LogP contribution in [0.5, 0.6) is 0 Å². The Kier molecular flexibility index (Phi) is 6.86. The summed E-state index contributed by atoms with van der Waals surface area (Å²) in [5.74, 6) is 0. The molecule has 2 aliphatic rings. The quantitative estimate of drug-likeness (QED) is 0.400. The van der Waals surface area contributed by atoms with E-state index in [4.69, 9.17) is 37.3 Å². The zero-order valence-electron chi connectivity index (χ0n) is 16.6. The Hall–Kier alpha value is 1.04. The summed E-state index contributed by atoms with van der Waals surface area (Å²) in [6, 6.07) is 0. The molecule has 2 fully saturated rings. The second kappa shape index (κ2) is 7.62. The average molecular weight is 513 g/mol. The van der Waals surface area contributed by atoms with Crippen molar-refractivity contribution in [2.45, 2.75) is 45.8 Å². The van der Waals surface area contributed by atoms with E-state index >= 15 is 0 Å². The predicted molar refractivity (Wildman–Crippen MR) is 105 cm³/mol. The molecule has 19 heteroatoms. The van der Waals surface area contributed by atoms with E-state index in [0.717, 1.165) is 0 Å². The highest BCUT2D eigenvalue weighted by Gasteiger charge is 2.66. The minimum Gasteiger partial charge on any atom is -0.397 e. The maximum atomic E-state index is 10.7. The van der Waals surface area contributed by atoms with Crippen molar-refractivity contribution in [2.75, 3.05) is 7.11 Å². The highest BCUT2D eigenvalue weighted by atomic mass is 28.6. The van der Waals surface area contributed by atoms with E-state index < -0.39 is 62.1 Å². The van der Waals surface area contributed by atoms with Gasteiger partial charge in [0, 0.05) is 46.4 Å². The minimum atomic E-state index is -3.91. The van der Waals surface area contributed by atoms with Gasteiger partial charge in [0.2, 0.25) is 0 Å². The number of hydrogen-bond acceptors (Lipinski definition) is 12. The van der Waals surface area contributed by atoms with Crippen LogP contribution >= 0.6 is 0 Å². The first-order valence-electron chi connectivity index (χ1n) is 8.19. The average Bonchev–Trinajstić information content (AvgIpc) is 2.28. The Labute approximate surface area is 166 Å². The van der Waals surface area contributed by atoms with E-state index in [1.807, 2.05) is 0 Å². The number of fused-ring (bicyclic) bond motifs is 2. The lowest BCUT2D eigenvalue weighted by Gasteiger charge is -2.49. The molecule has 2 rings (SSSR count). The number of rotatable bonds is 3. The van der Waals surface area contributed by atoms with Gasteiger partial charge in [0.05, 0.1) is 0 Å². The Morgan fingerprint density at radius 2 is 1.37 bits per heavy atom. The Morgan fingerprint density at radius 1 is 0.815 bits per heavy atom. The van der Waals surface area contributed by atoms with Gasteiger partial charge in [0.1, 0.15) is 0 Å². The molecule has 0 saturated carbocycles. The van der Waals surface area contributed by atoms with Crippen LogP contribution in [0.1, 0.15) is 0 Å². The molecule has 12 nitrogen and oxygen atoms in total. The van der Waals surface area contributed by atoms with Crippen LogP contribution in [0, 0.1) is 0 Å². The van der Waals surface area contributed by atoms with Crippen molar-refractivity contribution < 1.29 is 51.7 Å². The Bertz CT molecular complexity index is 566. The van der Waals surface area contributed by atoms with Gasteiger partial charge in [0.25, 0.3) is 0 Å². The van der Waals surface area contributed by atoms with Gasteiger partial charge in [-0.25, -0.2) is 0 Å². The van der Waals surface area contributed by atoms with Crippen LogP contribution < -0.4 is 0 Å². The maximum absolute atomic E-state index is 10.7. The molecule has 3 N–H and O–H groups in total. The standard InChI is InChI=1S/C8H28O12Si7/c1-12-22(3,9)15-26(7)17-24(5,11)18-27(8)16-23(4,10)13-21(2)14-25(6,19-26)20-27/h9-11,21H,1-8H3. The predicted octanol–water partition coefficient (Wildman–Crippen LogP) is -0.968. The third-order valence-corrected chi connectivity index (χ3v) is 28.2. The van der Waals surface area contributed by atoms with E-state index in [1.165, 1.54) is 39.8 Å². The van der Waals surface area contributed by atoms with Crippen molar-refractivity contribution >= 4 is 62.1 Å². The highest BCUT2D eigenvalue weighted by Crippen LogP contribution is 2.35. The fourth-order valence-electron chi connectivity index (χ4n) is 2.96. The van der Waals surface area contributed by atoms with Gasteiger partial charge in [-0.1, -0.05) is 0 Å². The Balaban J connectivity index is 2.44. The molecular weight excluding hydrogens is 485 g/mol. The SMILES string of the molecule is CO[Si](C)(O)O[Si]1(C)O[Si](C)(O)O[Si]2(C)O[Si](C)(O)O[SiH](C)O[Si](C)(O1)O2. The molecule has 7 unspecified atom stereocenters. The molecule has 0 aromatic carbocycles. The molecule has 2 bridgehead atoms. The molecule has 0 amide bonds. The van der Waals surface area contributed by atoms with Crippen molar-refractivity contribution in [1.82, 2.24) is 0 Å². The zero-order chi connectivity index (χ0) is 20.9. The van der Waals surface area contributed by atoms with Crippen molar-refractivity contribution in [3.8, 4) is 0 Å². The zero-order valence-corrected chi connectivity index (χ0v) is 23.7. The second-order valence-electron chi connectivity index (χ2n) is 6.90. The topological polar surface area (TPSA) is 144 Å². The van der Waals surface area contributed by atoms with E-state index in [1.54, 1.807) is 13.1 Å². The summed E-state index contributed by atoms with van der Waals surface area (Å²) in [5, 5.41) is 0. The van der Waals surface area contributed by atoms with Gasteiger partial charge in [-0.15, -0.1) is 0 Å². The molecule has 0 radical (unpaired) electrons. The molecule has 2 saturated heterocycles. The van der Waals surface area contributed by atoms with Crippen molar-refractivity contribution in [2.24, 2.45) is 0 Å². The van der Waals surface area contributed by atoms with E-state index in [9.17, 15) is 14.4 Å². The highest BCUT2D eigenvalue weighted by molar-refractivity contribution is 6.93. The first-order valence-corrected chi connectivity index (χ1v) is 23.8. The van der Waals surface area contributed by atoms with Crippen LogP contribution in [0.15, 0.2) is 0 Å². The second-order valence-corrected chi connectivity index (χ2v) is 25.8. The molecule has 27 heavy (non-hydrogen) atoms. The Morgan fingerprint density at radius 3 is 1.93 bits per heavy atom. The molecular formula is C8H28O12Si7. The fourth-order valence-corrected chi connectivity index (χ4v) is 31.4. The van der Waals surface area contributed by atoms with Crippen molar-refractivity contribution in [1.29, 1.82) is 0 Å². The molecule has 0 spiro atoms. The van der Waals surface area contributed by atoms with Gasteiger partial charge in [-0.3, -0.25) is 0 Å². The lowest BCUT2D eigenvalue weighted by Crippen LogP contribution is -2.74. The minimum absolute atomic E-state index is 1.30. The third-order valence-electron chi connectivity index (χ3n) is 3.38. The van der Waals surface area contributed by atoms with Crippen LogP contribution in [0.2, 0.25) is 45.8 Å². The lowest BCUT2D eigenvalue weighted by atomic mass is 11.8. The summed E-state index contributed by atoms with van der Waals surface area (Å²) in [6.07, 6.45) is 0. The first-order chi connectivity index (χ1) is 11.9. The van der Waals surface area contributed by atoms with Crippen molar-refractivity contribution in [3.05, 3.63) is 0 Å². The normalized spacial score (nSPS) is 51.4. The molecule has 7 atom stereocenters. The molecule has 0 aromatic heterocycles. The van der Waals surface area contributed by atoms with Crippen LogP contribution in [-0.2, 0) is 37.3 Å². The van der Waals surface area contributed by atoms with E-state index in [2.05, 4.69) is 0 Å². The lowest BCUT2D eigenvalue weighted by molar-refractivity contribution is 0.0537. The third kappa shape index (κ3) is 6.77. The van der Waals surface area contributed by atoms with Gasteiger partial charge in [-0.2, -0.15) is 0 Å². The van der Waals surface area contributed by atoms with Crippen LogP contribution in [-0.4, -0.2) is 83.6 Å². The van der Waals surface area contributed by atoms with Crippen LogP contribution in [0.3, 0.4) is 0 Å². The van der Waals surface area contributed by atoms with Crippen molar-refractivity contribution in [3.63, 3.8) is 0 Å². The molecule has 0 aliphatic carbocycles. The first kappa shape index (κ1) is 24.3. The molecule has 0 aromatic rings. The van der Waals surface area contributed by atoms with Crippen LogP contribution in [0.25, 0.3) is 0 Å². The molecule has 160 valence electrons. The largest absolute Gasteiger partial charge is 0.487 e. The van der Waals surface area contributed by atoms with Crippen LogP contribution in [0.4, 0.5) is 0 Å². The van der Waals surface area contributed by atoms with Gasteiger partial charge in [0.15, 0.2) is 0 Å². The molecule has 2 heterocycles. The smallest absolute Gasteiger partial charge is 0.397 e. The number of hydrogen-bond donors (Lipinski definition) is 3. The summed E-state index contributed by atoms with van der Waals surface area (Å²) in [4.78, 5) is 31.5. The van der Waals surface area contributed by atoms with E-state index in [0.29, 0.717) is 0 Å². The molecule has 2 aliphatic heterocycles. The van der Waals surface area contributed by atoms with Gasteiger partial charge >= 0.3 is 62.1 Å². The summed E-state index contributed by atoms with van der Waals surface area (Å²) >= 11 is 0. The summed E-state index contributed by atoms with van der Waals surface area (Å²) in [7, 11) is -23.1. The van der Waals surface area contributed by atoms with Gasteiger partial charge in [-0.05, 0) is 6.55 Å². The summed E-state index contributed by atoms with van der Waals surface area (Å²) < 4.78 is 51.6. The summed E-state index contributed by atoms with van der Waals surface area (Å²) in [6.45, 7) is 10.5. The fraction of sp³-hybridized carbons (Fsp3) is 1.00. The van der Waals surface area contributed by atoms with E-state index in [-0.39, 0.29) is 0 Å². The monoisotopic (exact) mass is 512 g/mol.